The van der Waals surface area contributed by atoms with Crippen LogP contribution in [0.1, 0.15) is 18.2 Å². The fraction of sp³-hybridized carbons (Fsp3) is 0.455. The molecule has 0 unspecified atom stereocenters. The van der Waals surface area contributed by atoms with Crippen LogP contribution < -0.4 is 0 Å². The molecule has 0 N–H and O–H groups in total. The van der Waals surface area contributed by atoms with Gasteiger partial charge in [-0.1, -0.05) is 12.1 Å². The zero-order valence-corrected chi connectivity index (χ0v) is 11.6. The minimum atomic E-state index is -4.47. The summed E-state index contributed by atoms with van der Waals surface area (Å²) in [6.45, 7) is 1.51. The Hall–Kier alpha value is -1.64. The van der Waals surface area contributed by atoms with E-state index in [0.29, 0.717) is 5.69 Å². The van der Waals surface area contributed by atoms with Crippen LogP contribution in [0.3, 0.4) is 0 Å². The second-order valence-electron chi connectivity index (χ2n) is 3.88. The van der Waals surface area contributed by atoms with E-state index in [-0.39, 0.29) is 16.2 Å². The Labute approximate surface area is 114 Å². The van der Waals surface area contributed by atoms with Crippen LogP contribution >= 0.6 is 0 Å². The Kier molecular flexibility index (Phi) is 5.09. The van der Waals surface area contributed by atoms with Crippen LogP contribution in [-0.4, -0.2) is 38.2 Å². The summed E-state index contributed by atoms with van der Waals surface area (Å²) in [5.41, 5.74) is 0.560. The lowest BCUT2D eigenvalue weighted by Crippen LogP contribution is -2.14. The monoisotopic (exact) mass is 310 g/mol. The van der Waals surface area contributed by atoms with Crippen molar-refractivity contribution in [2.24, 2.45) is 5.16 Å². The van der Waals surface area contributed by atoms with Gasteiger partial charge in [-0.05, 0) is 13.0 Å². The third kappa shape index (κ3) is 4.80. The Morgan fingerprint density at radius 2 is 2.10 bits per heavy atom. The minimum absolute atomic E-state index is 0.0276. The van der Waals surface area contributed by atoms with Crippen molar-refractivity contribution < 1.29 is 26.4 Å². The summed E-state index contributed by atoms with van der Waals surface area (Å²) in [4.78, 5) is 7.95. The molecule has 0 aromatic carbocycles. The third-order valence-electron chi connectivity index (χ3n) is 2.28. The molecule has 1 rings (SSSR count). The number of nitrogens with zero attached hydrogens (tertiary/aromatic N) is 2. The number of halogens is 3. The van der Waals surface area contributed by atoms with Gasteiger partial charge in [-0.2, -0.15) is 13.2 Å². The van der Waals surface area contributed by atoms with Crippen molar-refractivity contribution in [1.82, 2.24) is 4.98 Å². The quantitative estimate of drug-likeness (QED) is 0.617. The predicted molar refractivity (Wildman–Crippen MR) is 66.3 cm³/mol. The van der Waals surface area contributed by atoms with Gasteiger partial charge in [-0.15, -0.1) is 0 Å². The normalized spacial score (nSPS) is 12.8. The van der Waals surface area contributed by atoms with Crippen LogP contribution in [0.25, 0.3) is 0 Å². The zero-order chi connectivity index (χ0) is 15.4. The number of hydrogen-bond acceptors (Lipinski definition) is 5. The molecule has 9 heteroatoms. The van der Waals surface area contributed by atoms with Crippen molar-refractivity contribution in [3.05, 3.63) is 23.5 Å². The van der Waals surface area contributed by atoms with Crippen molar-refractivity contribution in [3.8, 4) is 0 Å². The number of aryl methyl sites for hydroxylation is 1. The number of hydrogen-bond donors (Lipinski definition) is 0. The molecular weight excluding hydrogens is 297 g/mol. The topological polar surface area (TPSA) is 68.6 Å². The van der Waals surface area contributed by atoms with Crippen LogP contribution in [0.15, 0.2) is 22.3 Å². The average Bonchev–Trinajstić information content (AvgIpc) is 2.35. The summed E-state index contributed by atoms with van der Waals surface area (Å²) in [5, 5.41) is 3.13. The molecule has 0 fully saturated rings. The summed E-state index contributed by atoms with van der Waals surface area (Å²) in [7, 11) is -3.45. The summed E-state index contributed by atoms with van der Waals surface area (Å²) in [6.07, 6.45) is -2.20. The fourth-order valence-corrected chi connectivity index (χ4v) is 2.41. The average molecular weight is 310 g/mol. The lowest BCUT2D eigenvalue weighted by atomic mass is 10.3. The Balaban J connectivity index is 2.89. The van der Waals surface area contributed by atoms with E-state index in [1.54, 1.807) is 0 Å². The zero-order valence-electron chi connectivity index (χ0n) is 10.8. The van der Waals surface area contributed by atoms with Crippen LogP contribution in [0, 0.1) is 6.92 Å². The SMILES string of the molecule is CCS(=O)(=O)c1cc(/C=N/OCC(F)(F)F)cnc1C. The summed E-state index contributed by atoms with van der Waals surface area (Å²) < 4.78 is 59.0. The first kappa shape index (κ1) is 16.4. The molecule has 0 aliphatic rings. The van der Waals surface area contributed by atoms with Gasteiger partial charge in [0.2, 0.25) is 6.61 Å². The maximum atomic E-state index is 11.8. The first-order chi connectivity index (χ1) is 9.15. The van der Waals surface area contributed by atoms with Gasteiger partial charge >= 0.3 is 6.18 Å². The van der Waals surface area contributed by atoms with Gasteiger partial charge in [0.15, 0.2) is 9.84 Å². The van der Waals surface area contributed by atoms with Gasteiger partial charge < -0.3 is 4.84 Å². The highest BCUT2D eigenvalue weighted by Crippen LogP contribution is 2.16. The van der Waals surface area contributed by atoms with Gasteiger partial charge in [0.1, 0.15) is 0 Å². The van der Waals surface area contributed by atoms with Crippen molar-refractivity contribution >= 4 is 16.1 Å². The van der Waals surface area contributed by atoms with Crippen LogP contribution in [0.5, 0.6) is 0 Å². The first-order valence-corrected chi connectivity index (χ1v) is 7.22. The predicted octanol–water partition coefficient (Wildman–Crippen LogP) is 2.10. The summed E-state index contributed by atoms with van der Waals surface area (Å²) >= 11 is 0. The number of oxime groups is 1. The number of pyridine rings is 1. The van der Waals surface area contributed by atoms with E-state index in [1.807, 2.05) is 0 Å². The Morgan fingerprint density at radius 3 is 2.65 bits per heavy atom. The van der Waals surface area contributed by atoms with E-state index in [0.717, 1.165) is 6.21 Å². The number of rotatable bonds is 5. The fourth-order valence-electron chi connectivity index (χ4n) is 1.28. The van der Waals surface area contributed by atoms with Crippen molar-refractivity contribution in [1.29, 1.82) is 0 Å². The Bertz CT molecular complexity index is 597. The third-order valence-corrected chi connectivity index (χ3v) is 4.12. The number of alkyl halides is 3. The van der Waals surface area contributed by atoms with E-state index in [9.17, 15) is 21.6 Å². The molecule has 0 aliphatic heterocycles. The molecule has 5 nitrogen and oxygen atoms in total. The molecule has 0 spiro atoms. The largest absolute Gasteiger partial charge is 0.425 e. The lowest BCUT2D eigenvalue weighted by Gasteiger charge is -2.06. The molecule has 0 saturated heterocycles. The molecule has 0 bridgehead atoms. The Morgan fingerprint density at radius 1 is 1.45 bits per heavy atom. The van der Waals surface area contributed by atoms with Gasteiger partial charge in [0.25, 0.3) is 0 Å². The maximum Gasteiger partial charge on any atom is 0.425 e. The van der Waals surface area contributed by atoms with Crippen LogP contribution in [-0.2, 0) is 14.7 Å². The summed E-state index contributed by atoms with van der Waals surface area (Å²) in [6, 6.07) is 1.29. The van der Waals surface area contributed by atoms with Gasteiger partial charge in [0, 0.05) is 11.8 Å². The molecule has 0 aliphatic carbocycles. The van der Waals surface area contributed by atoms with Gasteiger partial charge in [-0.3, -0.25) is 4.98 Å². The highest BCUT2D eigenvalue weighted by molar-refractivity contribution is 7.91. The second kappa shape index (κ2) is 6.21. The molecule has 1 aromatic heterocycles. The van der Waals surface area contributed by atoms with Gasteiger partial charge in [-0.25, -0.2) is 8.42 Å². The number of aromatic nitrogens is 1. The van der Waals surface area contributed by atoms with Crippen LogP contribution in [0.4, 0.5) is 13.2 Å². The van der Waals surface area contributed by atoms with E-state index in [1.165, 1.54) is 26.1 Å². The minimum Gasteiger partial charge on any atom is -0.386 e. The molecule has 112 valence electrons. The first-order valence-electron chi connectivity index (χ1n) is 5.57. The highest BCUT2D eigenvalue weighted by atomic mass is 32.2. The maximum absolute atomic E-state index is 11.8. The van der Waals surface area contributed by atoms with E-state index >= 15 is 0 Å². The highest BCUT2D eigenvalue weighted by Gasteiger charge is 2.28. The molecular formula is C11H13F3N2O3S. The molecule has 1 aromatic rings. The molecule has 1 heterocycles. The van der Waals surface area contributed by atoms with E-state index in [2.05, 4.69) is 15.0 Å². The molecule has 0 amide bonds. The molecule has 0 saturated carbocycles. The molecule has 20 heavy (non-hydrogen) atoms. The molecule has 0 atom stereocenters. The van der Waals surface area contributed by atoms with Crippen molar-refractivity contribution in [2.45, 2.75) is 24.9 Å². The van der Waals surface area contributed by atoms with Crippen molar-refractivity contribution in [2.75, 3.05) is 12.4 Å². The van der Waals surface area contributed by atoms with Gasteiger partial charge in [0.05, 0.1) is 22.6 Å². The summed E-state index contributed by atoms with van der Waals surface area (Å²) in [5.74, 6) is -0.0965. The van der Waals surface area contributed by atoms with Crippen molar-refractivity contribution in [3.63, 3.8) is 0 Å². The lowest BCUT2D eigenvalue weighted by molar-refractivity contribution is -0.173. The second-order valence-corrected chi connectivity index (χ2v) is 6.13. The molecule has 0 radical (unpaired) electrons. The standard InChI is InChI=1S/C11H13F3N2O3S/c1-3-20(17,18)10-4-9(5-15-8(10)2)6-16-19-7-11(12,13)14/h4-6H,3,7H2,1-2H3/b16-6+. The van der Waals surface area contributed by atoms with E-state index < -0.39 is 22.6 Å². The van der Waals surface area contributed by atoms with Crippen LogP contribution in [0.2, 0.25) is 0 Å². The number of sulfone groups is 1. The smallest absolute Gasteiger partial charge is 0.386 e. The van der Waals surface area contributed by atoms with E-state index in [4.69, 9.17) is 0 Å².